The van der Waals surface area contributed by atoms with Gasteiger partial charge in [0.2, 0.25) is 0 Å². The van der Waals surface area contributed by atoms with Crippen LogP contribution in [0, 0.1) is 34.5 Å². The minimum atomic E-state index is -0.767. The van der Waals surface area contributed by atoms with E-state index in [9.17, 15) is 5.11 Å². The number of likely N-dealkylation sites (N-methyl/N-ethyl adjacent to an activating group) is 1. The molecule has 0 aromatic carbocycles. The molecule has 3 spiro atoms. The number of piperidine rings is 1. The first-order valence-corrected chi connectivity index (χ1v) is 12.7. The van der Waals surface area contributed by atoms with Crippen LogP contribution in [0.15, 0.2) is 0 Å². The van der Waals surface area contributed by atoms with Crippen molar-refractivity contribution in [2.24, 2.45) is 34.5 Å². The van der Waals surface area contributed by atoms with Crippen molar-refractivity contribution in [1.29, 1.82) is 0 Å². The lowest BCUT2D eigenvalue weighted by Gasteiger charge is -2.69. The maximum atomic E-state index is 12.4. The van der Waals surface area contributed by atoms with Crippen LogP contribution in [0.4, 0.5) is 0 Å². The highest BCUT2D eigenvalue weighted by molar-refractivity contribution is 5.42. The predicted molar refractivity (Wildman–Crippen MR) is 115 cm³/mol. The van der Waals surface area contributed by atoms with E-state index in [2.05, 4.69) is 18.7 Å². The highest BCUT2D eigenvalue weighted by Gasteiger charge is 2.93. The molecular formula is C25H39NO6. The third kappa shape index (κ3) is 1.80. The number of ether oxygens (including phenoxy) is 5. The van der Waals surface area contributed by atoms with Crippen molar-refractivity contribution in [1.82, 2.24) is 4.90 Å². The van der Waals surface area contributed by atoms with Crippen LogP contribution in [0.5, 0.6) is 0 Å². The van der Waals surface area contributed by atoms with Gasteiger partial charge in [-0.3, -0.25) is 4.90 Å². The molecular weight excluding hydrogens is 410 g/mol. The van der Waals surface area contributed by atoms with E-state index >= 15 is 0 Å². The molecule has 5 saturated carbocycles. The number of hydrogen-bond donors (Lipinski definition) is 1. The lowest BCUT2D eigenvalue weighted by Crippen LogP contribution is -2.80. The van der Waals surface area contributed by atoms with Gasteiger partial charge in [-0.05, 0) is 37.1 Å². The van der Waals surface area contributed by atoms with Crippen molar-refractivity contribution in [3.05, 3.63) is 0 Å². The monoisotopic (exact) mass is 449 g/mol. The number of fused-ring (bicyclic) bond motifs is 1. The van der Waals surface area contributed by atoms with Gasteiger partial charge < -0.3 is 28.8 Å². The quantitative estimate of drug-likeness (QED) is 0.700. The molecule has 7 rings (SSSR count). The number of aliphatic hydroxyl groups is 1. The van der Waals surface area contributed by atoms with Gasteiger partial charge in [0.15, 0.2) is 0 Å². The average molecular weight is 450 g/mol. The Morgan fingerprint density at radius 1 is 1.12 bits per heavy atom. The van der Waals surface area contributed by atoms with Crippen LogP contribution in [0.3, 0.4) is 0 Å². The van der Waals surface area contributed by atoms with E-state index < -0.39 is 17.3 Å². The summed E-state index contributed by atoms with van der Waals surface area (Å²) in [6.07, 6.45) is 3.60. The molecule has 0 amide bonds. The number of hydrogen-bond acceptors (Lipinski definition) is 7. The Bertz CT molecular complexity index is 826. The number of rotatable bonds is 4. The Morgan fingerprint density at radius 3 is 2.62 bits per heavy atom. The second-order valence-electron chi connectivity index (χ2n) is 12.1. The van der Waals surface area contributed by atoms with Crippen molar-refractivity contribution in [3.8, 4) is 0 Å². The largest absolute Gasteiger partial charge is 0.390 e. The van der Waals surface area contributed by atoms with Gasteiger partial charge >= 0.3 is 0 Å². The van der Waals surface area contributed by atoms with Gasteiger partial charge in [0, 0.05) is 57.5 Å². The van der Waals surface area contributed by atoms with Crippen molar-refractivity contribution < 1.29 is 28.8 Å². The first kappa shape index (κ1) is 21.0. The molecule has 0 radical (unpaired) electrons. The van der Waals surface area contributed by atoms with Crippen LogP contribution < -0.4 is 0 Å². The summed E-state index contributed by atoms with van der Waals surface area (Å²) in [5, 5.41) is 12.4. The van der Waals surface area contributed by atoms with E-state index in [0.29, 0.717) is 11.8 Å². The minimum absolute atomic E-state index is 0.0392. The highest BCUT2D eigenvalue weighted by Crippen LogP contribution is 2.82. The summed E-state index contributed by atoms with van der Waals surface area (Å²) in [7, 11) is 5.54. The van der Waals surface area contributed by atoms with Gasteiger partial charge in [-0.15, -0.1) is 0 Å². The SMILES string of the molecule is CCN1C[C@]2(C)CC[C@H](OC)[C@]34C2[C@H](O)[C@]2(OCO[C@@]25C[C@@H](OC)[C@H]2C[C@@H]3C5[C@H]2OC)C14. The summed E-state index contributed by atoms with van der Waals surface area (Å²) in [6.45, 7) is 6.87. The summed E-state index contributed by atoms with van der Waals surface area (Å²) in [5.74, 6) is 1.05. The third-order valence-electron chi connectivity index (χ3n) is 11.8. The first-order chi connectivity index (χ1) is 15.4. The number of nitrogens with zero attached hydrogens (tertiary/aromatic N) is 1. The smallest absolute Gasteiger partial charge is 0.148 e. The molecule has 0 aromatic rings. The second-order valence-corrected chi connectivity index (χ2v) is 12.1. The normalized spacial score (nSPS) is 64.1. The summed E-state index contributed by atoms with van der Waals surface area (Å²) in [6, 6.07) is 0.0916. The summed E-state index contributed by atoms with van der Waals surface area (Å²) < 4.78 is 32.2. The van der Waals surface area contributed by atoms with Gasteiger partial charge in [0.1, 0.15) is 18.0 Å². The number of methoxy groups -OCH3 is 3. The average Bonchev–Trinajstić information content (AvgIpc) is 3.37. The second kappa shape index (κ2) is 6.28. The molecule has 1 N–H and O–H groups in total. The van der Waals surface area contributed by atoms with Crippen LogP contribution in [0.2, 0.25) is 0 Å². The van der Waals surface area contributed by atoms with Gasteiger partial charge in [-0.2, -0.15) is 0 Å². The molecule has 2 saturated heterocycles. The van der Waals surface area contributed by atoms with E-state index in [-0.39, 0.29) is 53.8 Å². The lowest BCUT2D eigenvalue weighted by molar-refractivity contribution is -0.282. The topological polar surface area (TPSA) is 69.6 Å². The molecule has 180 valence electrons. The summed E-state index contributed by atoms with van der Waals surface area (Å²) in [5.41, 5.74) is -1.48. The Morgan fingerprint density at radius 2 is 1.94 bits per heavy atom. The molecule has 13 atom stereocenters. The van der Waals surface area contributed by atoms with E-state index in [1.165, 1.54) is 0 Å². The van der Waals surface area contributed by atoms with Crippen LogP contribution in [0.25, 0.3) is 0 Å². The Kier molecular flexibility index (Phi) is 4.13. The number of aliphatic hydroxyl groups excluding tert-OH is 1. The summed E-state index contributed by atoms with van der Waals surface area (Å²) >= 11 is 0. The third-order valence-corrected chi connectivity index (χ3v) is 11.8. The summed E-state index contributed by atoms with van der Waals surface area (Å²) in [4.78, 5) is 2.64. The zero-order chi connectivity index (χ0) is 22.3. The maximum absolute atomic E-state index is 12.4. The molecule has 32 heavy (non-hydrogen) atoms. The van der Waals surface area contributed by atoms with Crippen LogP contribution in [-0.2, 0) is 23.7 Å². The standard InChI is InChI=1S/C25H39NO6/c1-6-26-11-22(2)8-7-16(29-4)24-14-9-13-15(28-3)10-23(17(14)18(13)30-5)25(21(24)26,32-12-31-23)20(27)19(22)24/h13-21,27H,6-12H2,1-5H3/t13-,14-,15-,16+,17?,18+,19?,20+,21?,22+,23-,24+,25+/m1/s1. The molecule has 5 aliphatic carbocycles. The number of likely N-dealkylation sites (tertiary alicyclic amines) is 1. The van der Waals surface area contributed by atoms with Crippen molar-refractivity contribution in [3.63, 3.8) is 0 Å². The van der Waals surface area contributed by atoms with Gasteiger partial charge in [0.25, 0.3) is 0 Å². The maximum Gasteiger partial charge on any atom is 0.148 e. The van der Waals surface area contributed by atoms with E-state index in [4.69, 9.17) is 23.7 Å². The molecule has 7 aliphatic rings. The molecule has 0 aromatic heterocycles. The Labute approximate surface area is 191 Å². The molecule has 2 heterocycles. The van der Waals surface area contributed by atoms with Gasteiger partial charge in [-0.1, -0.05) is 13.8 Å². The molecule has 7 fully saturated rings. The fourth-order valence-electron chi connectivity index (χ4n) is 11.5. The molecule has 7 nitrogen and oxygen atoms in total. The lowest BCUT2D eigenvalue weighted by atomic mass is 9.43. The molecule has 7 heteroatoms. The first-order valence-electron chi connectivity index (χ1n) is 12.7. The van der Waals surface area contributed by atoms with E-state index in [1.54, 1.807) is 0 Å². The Balaban J connectivity index is 1.56. The van der Waals surface area contributed by atoms with Crippen LogP contribution >= 0.6 is 0 Å². The highest BCUT2D eigenvalue weighted by atomic mass is 16.7. The van der Waals surface area contributed by atoms with Crippen molar-refractivity contribution in [2.45, 2.75) is 81.2 Å². The van der Waals surface area contributed by atoms with Crippen molar-refractivity contribution >= 4 is 0 Å². The van der Waals surface area contributed by atoms with Crippen LogP contribution in [-0.4, -0.2) is 92.9 Å². The zero-order valence-corrected chi connectivity index (χ0v) is 20.1. The fourth-order valence-corrected chi connectivity index (χ4v) is 11.5. The van der Waals surface area contributed by atoms with Crippen LogP contribution in [0.1, 0.15) is 39.5 Å². The van der Waals surface area contributed by atoms with Gasteiger partial charge in [-0.25, -0.2) is 0 Å². The minimum Gasteiger partial charge on any atom is -0.390 e. The molecule has 3 unspecified atom stereocenters. The van der Waals surface area contributed by atoms with E-state index in [1.807, 2.05) is 21.3 Å². The van der Waals surface area contributed by atoms with Crippen molar-refractivity contribution in [2.75, 3.05) is 41.2 Å². The predicted octanol–water partition coefficient (Wildman–Crippen LogP) is 1.66. The fraction of sp³-hybridized carbons (Fsp3) is 1.00. The zero-order valence-electron chi connectivity index (χ0n) is 20.1. The van der Waals surface area contributed by atoms with Gasteiger partial charge in [0.05, 0.1) is 30.5 Å². The van der Waals surface area contributed by atoms with E-state index in [0.717, 1.165) is 38.8 Å². The molecule has 2 aliphatic heterocycles. The molecule has 7 bridgehead atoms. The Hall–Kier alpha value is -0.280.